The van der Waals surface area contributed by atoms with Gasteiger partial charge in [0.2, 0.25) is 0 Å². The molecule has 0 aliphatic carbocycles. The van der Waals surface area contributed by atoms with Crippen LogP contribution in [0.5, 0.6) is 0 Å². The van der Waals surface area contributed by atoms with Crippen molar-refractivity contribution >= 4 is 11.9 Å². The zero-order valence-electron chi connectivity index (χ0n) is 8.37. The van der Waals surface area contributed by atoms with Crippen molar-refractivity contribution in [3.63, 3.8) is 0 Å². The van der Waals surface area contributed by atoms with E-state index >= 15 is 0 Å². The van der Waals surface area contributed by atoms with Gasteiger partial charge in [0.15, 0.2) is 6.10 Å². The lowest BCUT2D eigenvalue weighted by molar-refractivity contribution is -0.153. The van der Waals surface area contributed by atoms with Gasteiger partial charge in [0.25, 0.3) is 0 Å². The van der Waals surface area contributed by atoms with Crippen LogP contribution in [0.25, 0.3) is 0 Å². The van der Waals surface area contributed by atoms with Crippen molar-refractivity contribution in [3.8, 4) is 0 Å². The molecule has 4 N–H and O–H groups in total. The average molecular weight is 244 g/mol. The van der Waals surface area contributed by atoms with Crippen molar-refractivity contribution in [3.05, 3.63) is 35.1 Å². The van der Waals surface area contributed by atoms with E-state index in [9.17, 15) is 19.1 Å². The summed E-state index contributed by atoms with van der Waals surface area (Å²) in [6.07, 6.45) is -4.13. The first-order valence-electron chi connectivity index (χ1n) is 4.46. The van der Waals surface area contributed by atoms with Crippen molar-refractivity contribution in [2.75, 3.05) is 0 Å². The number of aliphatic carboxylic acids is 1. The molecule has 0 aliphatic rings. The smallest absolute Gasteiger partial charge is 0.336 e. The SMILES string of the molecule is O=C(O)c1cc(F)ccc1C(O)C(O)C(=O)O. The summed E-state index contributed by atoms with van der Waals surface area (Å²) in [5, 5.41) is 35.8. The van der Waals surface area contributed by atoms with E-state index in [1.165, 1.54) is 0 Å². The van der Waals surface area contributed by atoms with Crippen LogP contribution < -0.4 is 0 Å². The van der Waals surface area contributed by atoms with Gasteiger partial charge in [-0.25, -0.2) is 14.0 Å². The Morgan fingerprint density at radius 3 is 2.24 bits per heavy atom. The van der Waals surface area contributed by atoms with E-state index in [2.05, 4.69) is 0 Å². The third-order valence-electron chi connectivity index (χ3n) is 2.12. The Labute approximate surface area is 94.6 Å². The highest BCUT2D eigenvalue weighted by molar-refractivity contribution is 5.90. The van der Waals surface area contributed by atoms with Gasteiger partial charge in [-0.2, -0.15) is 0 Å². The zero-order chi connectivity index (χ0) is 13.2. The minimum Gasteiger partial charge on any atom is -0.479 e. The minimum absolute atomic E-state index is 0.367. The number of aliphatic hydroxyl groups is 2. The maximum atomic E-state index is 12.8. The molecule has 1 rings (SSSR count). The summed E-state index contributed by atoms with van der Waals surface area (Å²) < 4.78 is 12.8. The molecule has 2 unspecified atom stereocenters. The lowest BCUT2D eigenvalue weighted by Crippen LogP contribution is -2.28. The summed E-state index contributed by atoms with van der Waals surface area (Å²) in [6.45, 7) is 0. The van der Waals surface area contributed by atoms with E-state index in [-0.39, 0.29) is 5.56 Å². The molecule has 6 nitrogen and oxygen atoms in total. The standard InChI is InChI=1S/C10H9FO6/c11-4-1-2-5(6(3-4)9(14)15)7(12)8(13)10(16)17/h1-3,7-8,12-13H,(H,14,15)(H,16,17). The molecule has 0 amide bonds. The van der Waals surface area contributed by atoms with E-state index in [1.54, 1.807) is 0 Å². The van der Waals surface area contributed by atoms with Crippen LogP contribution in [0, 0.1) is 5.82 Å². The monoisotopic (exact) mass is 244 g/mol. The second kappa shape index (κ2) is 4.89. The summed E-state index contributed by atoms with van der Waals surface area (Å²) in [7, 11) is 0. The van der Waals surface area contributed by atoms with Crippen molar-refractivity contribution in [2.45, 2.75) is 12.2 Å². The van der Waals surface area contributed by atoms with Crippen LogP contribution >= 0.6 is 0 Å². The molecule has 0 heterocycles. The molecule has 2 atom stereocenters. The van der Waals surface area contributed by atoms with Crippen molar-refractivity contribution < 1.29 is 34.4 Å². The zero-order valence-corrected chi connectivity index (χ0v) is 8.37. The maximum Gasteiger partial charge on any atom is 0.336 e. The lowest BCUT2D eigenvalue weighted by Gasteiger charge is -2.16. The number of carboxylic acids is 2. The molecule has 0 aromatic heterocycles. The fourth-order valence-electron chi connectivity index (χ4n) is 1.28. The molecule has 7 heteroatoms. The first kappa shape index (κ1) is 13.1. The molecular formula is C10H9FO6. The highest BCUT2D eigenvalue weighted by Crippen LogP contribution is 2.22. The number of aromatic carboxylic acids is 1. The first-order chi connectivity index (χ1) is 7.84. The quantitative estimate of drug-likeness (QED) is 0.592. The van der Waals surface area contributed by atoms with Gasteiger partial charge in [-0.05, 0) is 17.7 Å². The van der Waals surface area contributed by atoms with Crippen LogP contribution in [0.3, 0.4) is 0 Å². The predicted molar refractivity (Wildman–Crippen MR) is 52.0 cm³/mol. The fraction of sp³-hybridized carbons (Fsp3) is 0.200. The van der Waals surface area contributed by atoms with Crippen LogP contribution in [0.1, 0.15) is 22.0 Å². The third-order valence-corrected chi connectivity index (χ3v) is 2.12. The Balaban J connectivity index is 3.21. The summed E-state index contributed by atoms with van der Waals surface area (Å²) in [4.78, 5) is 21.2. The second-order valence-corrected chi connectivity index (χ2v) is 3.26. The molecular weight excluding hydrogens is 235 g/mol. The molecule has 92 valence electrons. The van der Waals surface area contributed by atoms with E-state index in [0.29, 0.717) is 6.07 Å². The Bertz CT molecular complexity index is 458. The van der Waals surface area contributed by atoms with Crippen molar-refractivity contribution in [1.29, 1.82) is 0 Å². The van der Waals surface area contributed by atoms with Crippen LogP contribution in [-0.2, 0) is 4.79 Å². The molecule has 1 aromatic rings. The Hall–Kier alpha value is -1.99. The fourth-order valence-corrected chi connectivity index (χ4v) is 1.28. The molecule has 0 fully saturated rings. The molecule has 1 aromatic carbocycles. The maximum absolute atomic E-state index is 12.8. The largest absolute Gasteiger partial charge is 0.479 e. The van der Waals surface area contributed by atoms with Crippen molar-refractivity contribution in [2.24, 2.45) is 0 Å². The molecule has 17 heavy (non-hydrogen) atoms. The third kappa shape index (κ3) is 2.77. The van der Waals surface area contributed by atoms with E-state index in [4.69, 9.17) is 15.3 Å². The average Bonchev–Trinajstić information content (AvgIpc) is 2.26. The van der Waals surface area contributed by atoms with Crippen molar-refractivity contribution in [1.82, 2.24) is 0 Å². The summed E-state index contributed by atoms with van der Waals surface area (Å²) in [5.74, 6) is -4.09. The van der Waals surface area contributed by atoms with Crippen LogP contribution in [-0.4, -0.2) is 38.5 Å². The topological polar surface area (TPSA) is 115 Å². The molecule has 0 bridgehead atoms. The summed E-state index contributed by atoms with van der Waals surface area (Å²) in [6, 6.07) is 2.41. The summed E-state index contributed by atoms with van der Waals surface area (Å²) in [5.41, 5.74) is -0.966. The van der Waals surface area contributed by atoms with Crippen LogP contribution in [0.2, 0.25) is 0 Å². The molecule has 0 radical (unpaired) electrons. The number of aliphatic hydroxyl groups excluding tert-OH is 2. The predicted octanol–water partition coefficient (Wildman–Crippen LogP) is 0.00280. The van der Waals surface area contributed by atoms with Gasteiger partial charge in [-0.1, -0.05) is 6.07 Å². The van der Waals surface area contributed by atoms with Gasteiger partial charge in [0.1, 0.15) is 11.9 Å². The van der Waals surface area contributed by atoms with Crippen LogP contribution in [0.4, 0.5) is 4.39 Å². The first-order valence-corrected chi connectivity index (χ1v) is 4.46. The number of hydrogen-bond donors (Lipinski definition) is 4. The Morgan fingerprint density at radius 1 is 1.18 bits per heavy atom. The number of carbonyl (C=O) groups is 2. The highest BCUT2D eigenvalue weighted by atomic mass is 19.1. The Kier molecular flexibility index (Phi) is 3.77. The second-order valence-electron chi connectivity index (χ2n) is 3.26. The number of halogens is 1. The summed E-state index contributed by atoms with van der Waals surface area (Å²) >= 11 is 0. The number of rotatable bonds is 4. The van der Waals surface area contributed by atoms with Gasteiger partial charge < -0.3 is 20.4 Å². The van der Waals surface area contributed by atoms with Gasteiger partial charge in [0, 0.05) is 0 Å². The number of carboxylic acid groups (broad SMARTS) is 2. The Morgan fingerprint density at radius 2 is 1.76 bits per heavy atom. The lowest BCUT2D eigenvalue weighted by atomic mass is 9.98. The van der Waals surface area contributed by atoms with Crippen LogP contribution in [0.15, 0.2) is 18.2 Å². The molecule has 0 saturated heterocycles. The molecule has 0 spiro atoms. The van der Waals surface area contributed by atoms with Gasteiger partial charge in [-0.15, -0.1) is 0 Å². The number of hydrogen-bond acceptors (Lipinski definition) is 4. The molecule has 0 saturated carbocycles. The van der Waals surface area contributed by atoms with Gasteiger partial charge >= 0.3 is 11.9 Å². The van der Waals surface area contributed by atoms with E-state index < -0.39 is 35.5 Å². The van der Waals surface area contributed by atoms with E-state index in [1.807, 2.05) is 0 Å². The van der Waals surface area contributed by atoms with Gasteiger partial charge in [-0.3, -0.25) is 0 Å². The molecule has 0 aliphatic heterocycles. The van der Waals surface area contributed by atoms with E-state index in [0.717, 1.165) is 12.1 Å². The van der Waals surface area contributed by atoms with Gasteiger partial charge in [0.05, 0.1) is 5.56 Å². The highest BCUT2D eigenvalue weighted by Gasteiger charge is 2.28. The normalized spacial score (nSPS) is 14.1. The number of benzene rings is 1. The minimum atomic E-state index is -2.18.